The Labute approximate surface area is 127 Å². The zero-order valence-corrected chi connectivity index (χ0v) is 13.1. The van der Waals surface area contributed by atoms with Crippen molar-refractivity contribution in [2.75, 3.05) is 24.6 Å². The number of morpholine rings is 1. The molecule has 0 bridgehead atoms. The van der Waals surface area contributed by atoms with Gasteiger partial charge >= 0.3 is 0 Å². The van der Waals surface area contributed by atoms with E-state index >= 15 is 0 Å². The Hall–Kier alpha value is -1.20. The van der Waals surface area contributed by atoms with Crippen molar-refractivity contribution in [3.63, 3.8) is 0 Å². The summed E-state index contributed by atoms with van der Waals surface area (Å²) in [7, 11) is 0. The first-order valence-corrected chi connectivity index (χ1v) is 8.21. The summed E-state index contributed by atoms with van der Waals surface area (Å²) >= 11 is 0. The third kappa shape index (κ3) is 3.19. The van der Waals surface area contributed by atoms with Gasteiger partial charge in [-0.3, -0.25) is 0 Å². The van der Waals surface area contributed by atoms with Crippen molar-refractivity contribution in [2.45, 2.75) is 58.2 Å². The maximum atomic E-state index is 5.93. The summed E-state index contributed by atoms with van der Waals surface area (Å²) in [5.41, 5.74) is 2.27. The van der Waals surface area contributed by atoms with Crippen LogP contribution in [0, 0.1) is 6.92 Å². The highest BCUT2D eigenvalue weighted by Gasteiger charge is 2.35. The van der Waals surface area contributed by atoms with Crippen molar-refractivity contribution >= 4 is 5.95 Å². The van der Waals surface area contributed by atoms with E-state index < -0.39 is 0 Å². The highest BCUT2D eigenvalue weighted by molar-refractivity contribution is 5.36. The Morgan fingerprint density at radius 3 is 3.05 bits per heavy atom. The third-order valence-electron chi connectivity index (χ3n) is 4.62. The van der Waals surface area contributed by atoms with Crippen LogP contribution in [0.4, 0.5) is 5.95 Å². The number of ether oxygens (including phenoxy) is 1. The number of rotatable bonds is 4. The van der Waals surface area contributed by atoms with E-state index in [2.05, 4.69) is 29.0 Å². The van der Waals surface area contributed by atoms with Gasteiger partial charge < -0.3 is 15.0 Å². The SMILES string of the molecule is CCNCc1cnc(N2CCOC3CCCCC32)nc1C. The van der Waals surface area contributed by atoms with Gasteiger partial charge in [0.1, 0.15) is 0 Å². The van der Waals surface area contributed by atoms with Crippen LogP contribution < -0.4 is 10.2 Å². The molecule has 5 heteroatoms. The van der Waals surface area contributed by atoms with Crippen LogP contribution in [0.15, 0.2) is 6.20 Å². The van der Waals surface area contributed by atoms with E-state index in [9.17, 15) is 0 Å². The van der Waals surface area contributed by atoms with Gasteiger partial charge in [0, 0.05) is 30.5 Å². The number of hydrogen-bond donors (Lipinski definition) is 1. The van der Waals surface area contributed by atoms with Gasteiger partial charge in [0.15, 0.2) is 0 Å². The fourth-order valence-corrected chi connectivity index (χ4v) is 3.40. The molecule has 116 valence electrons. The number of anilines is 1. The largest absolute Gasteiger partial charge is 0.374 e. The molecule has 3 rings (SSSR count). The van der Waals surface area contributed by atoms with Crippen molar-refractivity contribution in [2.24, 2.45) is 0 Å². The summed E-state index contributed by atoms with van der Waals surface area (Å²) < 4.78 is 5.93. The van der Waals surface area contributed by atoms with E-state index in [1.807, 2.05) is 6.20 Å². The summed E-state index contributed by atoms with van der Waals surface area (Å²) in [6, 6.07) is 0.464. The number of fused-ring (bicyclic) bond motifs is 1. The van der Waals surface area contributed by atoms with E-state index in [0.717, 1.165) is 37.9 Å². The average Bonchev–Trinajstić information content (AvgIpc) is 2.53. The number of nitrogens with one attached hydrogen (secondary N) is 1. The topological polar surface area (TPSA) is 50.3 Å². The molecule has 1 aromatic heterocycles. The van der Waals surface area contributed by atoms with Crippen LogP contribution in [0.25, 0.3) is 0 Å². The molecule has 2 fully saturated rings. The van der Waals surface area contributed by atoms with Crippen LogP contribution in [-0.4, -0.2) is 41.8 Å². The highest BCUT2D eigenvalue weighted by Crippen LogP contribution is 2.30. The molecule has 1 aliphatic heterocycles. The first-order valence-electron chi connectivity index (χ1n) is 8.21. The molecule has 0 amide bonds. The van der Waals surface area contributed by atoms with Gasteiger partial charge in [-0.05, 0) is 26.3 Å². The lowest BCUT2D eigenvalue weighted by Crippen LogP contribution is -2.53. The molecule has 2 aliphatic rings. The first-order chi connectivity index (χ1) is 10.3. The van der Waals surface area contributed by atoms with E-state index in [4.69, 9.17) is 9.72 Å². The van der Waals surface area contributed by atoms with Crippen molar-refractivity contribution in [1.82, 2.24) is 15.3 Å². The van der Waals surface area contributed by atoms with Crippen LogP contribution in [0.5, 0.6) is 0 Å². The molecule has 1 N–H and O–H groups in total. The van der Waals surface area contributed by atoms with Crippen molar-refractivity contribution < 1.29 is 4.74 Å². The number of aryl methyl sites for hydroxylation is 1. The molecule has 0 spiro atoms. The summed E-state index contributed by atoms with van der Waals surface area (Å²) in [5, 5.41) is 3.34. The van der Waals surface area contributed by atoms with Crippen molar-refractivity contribution in [3.8, 4) is 0 Å². The van der Waals surface area contributed by atoms with E-state index in [1.165, 1.54) is 31.2 Å². The van der Waals surface area contributed by atoms with E-state index in [-0.39, 0.29) is 0 Å². The lowest BCUT2D eigenvalue weighted by atomic mass is 9.90. The first kappa shape index (κ1) is 14.7. The normalized spacial score (nSPS) is 25.7. The fraction of sp³-hybridized carbons (Fsp3) is 0.750. The molecular weight excluding hydrogens is 264 g/mol. The number of aromatic nitrogens is 2. The summed E-state index contributed by atoms with van der Waals surface area (Å²) in [5.74, 6) is 0.882. The molecule has 0 aromatic carbocycles. The monoisotopic (exact) mass is 290 g/mol. The molecule has 1 aliphatic carbocycles. The van der Waals surface area contributed by atoms with Crippen molar-refractivity contribution in [3.05, 3.63) is 17.5 Å². The maximum absolute atomic E-state index is 5.93. The van der Waals surface area contributed by atoms with Crippen LogP contribution in [0.1, 0.15) is 43.9 Å². The van der Waals surface area contributed by atoms with Crippen molar-refractivity contribution in [1.29, 1.82) is 0 Å². The summed E-state index contributed by atoms with van der Waals surface area (Å²) in [4.78, 5) is 11.8. The smallest absolute Gasteiger partial charge is 0.225 e. The van der Waals surface area contributed by atoms with Gasteiger partial charge in [0.2, 0.25) is 5.95 Å². The predicted molar refractivity (Wildman–Crippen MR) is 83.5 cm³/mol. The molecule has 1 aromatic rings. The summed E-state index contributed by atoms with van der Waals surface area (Å²) in [6.45, 7) is 7.71. The second kappa shape index (κ2) is 6.71. The quantitative estimate of drug-likeness (QED) is 0.919. The minimum absolute atomic E-state index is 0.373. The van der Waals surface area contributed by atoms with E-state index in [0.29, 0.717) is 12.1 Å². The Kier molecular flexibility index (Phi) is 4.70. The van der Waals surface area contributed by atoms with Crippen LogP contribution in [0.3, 0.4) is 0 Å². The maximum Gasteiger partial charge on any atom is 0.225 e. The highest BCUT2D eigenvalue weighted by atomic mass is 16.5. The zero-order valence-electron chi connectivity index (χ0n) is 13.1. The summed E-state index contributed by atoms with van der Waals surface area (Å²) in [6.07, 6.45) is 7.31. The molecule has 21 heavy (non-hydrogen) atoms. The van der Waals surface area contributed by atoms with Crippen LogP contribution in [0.2, 0.25) is 0 Å². The number of hydrogen-bond acceptors (Lipinski definition) is 5. The second-order valence-electron chi connectivity index (χ2n) is 6.02. The molecule has 2 heterocycles. The van der Waals surface area contributed by atoms with Gasteiger partial charge in [0.25, 0.3) is 0 Å². The van der Waals surface area contributed by atoms with Crippen LogP contribution in [-0.2, 0) is 11.3 Å². The Morgan fingerprint density at radius 1 is 1.38 bits per heavy atom. The second-order valence-corrected chi connectivity index (χ2v) is 6.02. The Bertz CT molecular complexity index is 477. The molecular formula is C16H26N4O. The fourth-order valence-electron chi connectivity index (χ4n) is 3.40. The molecule has 5 nitrogen and oxygen atoms in total. The number of nitrogens with zero attached hydrogens (tertiary/aromatic N) is 3. The molecule has 0 radical (unpaired) electrons. The van der Waals surface area contributed by atoms with Gasteiger partial charge in [-0.25, -0.2) is 9.97 Å². The standard InChI is InChI=1S/C16H26N4O/c1-3-17-10-13-11-18-16(19-12(13)2)20-8-9-21-15-7-5-4-6-14(15)20/h11,14-15,17H,3-10H2,1-2H3. The van der Waals surface area contributed by atoms with Crippen LogP contribution >= 0.6 is 0 Å². The molecule has 2 atom stereocenters. The molecule has 1 saturated carbocycles. The lowest BCUT2D eigenvalue weighted by molar-refractivity contribution is -0.00933. The van der Waals surface area contributed by atoms with Gasteiger partial charge in [-0.1, -0.05) is 19.8 Å². The minimum Gasteiger partial charge on any atom is -0.374 e. The van der Waals surface area contributed by atoms with Gasteiger partial charge in [0.05, 0.1) is 18.8 Å². The molecule has 1 saturated heterocycles. The Balaban J connectivity index is 1.77. The minimum atomic E-state index is 0.373. The zero-order chi connectivity index (χ0) is 14.7. The Morgan fingerprint density at radius 2 is 2.24 bits per heavy atom. The third-order valence-corrected chi connectivity index (χ3v) is 4.62. The average molecular weight is 290 g/mol. The molecule has 2 unspecified atom stereocenters. The van der Waals surface area contributed by atoms with E-state index in [1.54, 1.807) is 0 Å². The van der Waals surface area contributed by atoms with Gasteiger partial charge in [-0.2, -0.15) is 0 Å². The predicted octanol–water partition coefficient (Wildman–Crippen LogP) is 2.04. The lowest BCUT2D eigenvalue weighted by Gasteiger charge is -2.43. The van der Waals surface area contributed by atoms with Gasteiger partial charge in [-0.15, -0.1) is 0 Å².